The van der Waals surface area contributed by atoms with Crippen LogP contribution in [0.4, 0.5) is 0 Å². The number of rotatable bonds is 3. The molecule has 2 bridgehead atoms. The molecule has 118 valence electrons. The number of carbonyl (C=O) groups is 1. The maximum absolute atomic E-state index is 12.4. The molecule has 4 saturated heterocycles. The highest BCUT2D eigenvalue weighted by atomic mass is 16.1. The first kappa shape index (κ1) is 14.0. The highest BCUT2D eigenvalue weighted by molar-refractivity contribution is 5.76. The van der Waals surface area contributed by atoms with Crippen LogP contribution in [0.15, 0.2) is 0 Å². The fraction of sp³-hybridized carbons (Fsp3) is 0.941. The van der Waals surface area contributed by atoms with Gasteiger partial charge in [0, 0.05) is 37.1 Å². The molecule has 1 amide bonds. The molecule has 0 aromatic heterocycles. The normalized spacial score (nSPS) is 42.8. The summed E-state index contributed by atoms with van der Waals surface area (Å²) in [6.07, 6.45) is 10.9. The van der Waals surface area contributed by atoms with Crippen molar-refractivity contribution in [3.8, 4) is 0 Å². The van der Waals surface area contributed by atoms with E-state index in [-0.39, 0.29) is 0 Å². The lowest BCUT2D eigenvalue weighted by molar-refractivity contribution is -0.123. The second-order valence-electron chi connectivity index (χ2n) is 7.80. The van der Waals surface area contributed by atoms with E-state index in [4.69, 9.17) is 0 Å². The fourth-order valence-corrected chi connectivity index (χ4v) is 5.25. The first-order valence-corrected chi connectivity index (χ1v) is 9.06. The summed E-state index contributed by atoms with van der Waals surface area (Å²) in [7, 11) is 0. The van der Waals surface area contributed by atoms with Crippen molar-refractivity contribution in [3.63, 3.8) is 0 Å². The van der Waals surface area contributed by atoms with Crippen LogP contribution in [0.3, 0.4) is 0 Å². The molecular formula is C17H29N3O. The zero-order chi connectivity index (χ0) is 14.2. The Balaban J connectivity index is 1.24. The number of nitrogens with zero attached hydrogens (tertiary/aromatic N) is 1. The van der Waals surface area contributed by atoms with Crippen molar-refractivity contribution in [3.05, 3.63) is 0 Å². The maximum atomic E-state index is 12.4. The molecule has 4 unspecified atom stereocenters. The minimum absolute atomic E-state index is 0.317. The van der Waals surface area contributed by atoms with Crippen LogP contribution in [0.1, 0.15) is 57.8 Å². The van der Waals surface area contributed by atoms with Crippen molar-refractivity contribution >= 4 is 5.91 Å². The van der Waals surface area contributed by atoms with Gasteiger partial charge in [-0.1, -0.05) is 0 Å². The third kappa shape index (κ3) is 3.11. The average Bonchev–Trinajstić information content (AvgIpc) is 3.04. The summed E-state index contributed by atoms with van der Waals surface area (Å²) in [6.45, 7) is 2.47. The first-order chi connectivity index (χ1) is 10.3. The predicted molar refractivity (Wildman–Crippen MR) is 83.0 cm³/mol. The van der Waals surface area contributed by atoms with Crippen LogP contribution in [0.2, 0.25) is 0 Å². The van der Waals surface area contributed by atoms with Crippen molar-refractivity contribution in [1.82, 2.24) is 15.5 Å². The molecule has 4 heteroatoms. The predicted octanol–water partition coefficient (Wildman–Crippen LogP) is 1.65. The Morgan fingerprint density at radius 1 is 1.05 bits per heavy atom. The van der Waals surface area contributed by atoms with Crippen LogP contribution < -0.4 is 10.6 Å². The molecule has 4 nitrogen and oxygen atoms in total. The van der Waals surface area contributed by atoms with Crippen LogP contribution in [-0.2, 0) is 4.79 Å². The Kier molecular flexibility index (Phi) is 3.92. The highest BCUT2D eigenvalue weighted by Crippen LogP contribution is 2.33. The summed E-state index contributed by atoms with van der Waals surface area (Å²) in [5.74, 6) is 0.938. The third-order valence-corrected chi connectivity index (χ3v) is 6.23. The topological polar surface area (TPSA) is 44.4 Å². The lowest BCUT2D eigenvalue weighted by Gasteiger charge is -2.35. The van der Waals surface area contributed by atoms with Crippen LogP contribution >= 0.6 is 0 Å². The monoisotopic (exact) mass is 291 g/mol. The summed E-state index contributed by atoms with van der Waals surface area (Å²) in [4.78, 5) is 15.0. The van der Waals surface area contributed by atoms with Crippen molar-refractivity contribution in [2.75, 3.05) is 13.1 Å². The van der Waals surface area contributed by atoms with Gasteiger partial charge in [0.25, 0.3) is 0 Å². The van der Waals surface area contributed by atoms with E-state index < -0.39 is 0 Å². The maximum Gasteiger partial charge on any atom is 0.220 e. The SMILES string of the molecule is O=C(CC1CC2CCC(C1)N2)NC1CCN2CCCC2C1. The zero-order valence-electron chi connectivity index (χ0n) is 13.0. The molecule has 21 heavy (non-hydrogen) atoms. The van der Waals surface area contributed by atoms with E-state index in [1.807, 2.05) is 0 Å². The number of fused-ring (bicyclic) bond motifs is 3. The fourth-order valence-electron chi connectivity index (χ4n) is 5.25. The number of piperidine rings is 2. The second-order valence-corrected chi connectivity index (χ2v) is 7.80. The Morgan fingerprint density at radius 3 is 2.67 bits per heavy atom. The van der Waals surface area contributed by atoms with Crippen molar-refractivity contribution in [2.24, 2.45) is 5.92 Å². The van der Waals surface area contributed by atoms with E-state index in [1.165, 1.54) is 58.0 Å². The molecule has 4 aliphatic rings. The quantitative estimate of drug-likeness (QED) is 0.831. The lowest BCUT2D eigenvalue weighted by Crippen LogP contribution is -2.48. The van der Waals surface area contributed by atoms with Crippen molar-refractivity contribution < 1.29 is 4.79 Å². The second kappa shape index (κ2) is 5.88. The summed E-state index contributed by atoms with van der Waals surface area (Å²) >= 11 is 0. The van der Waals surface area contributed by atoms with E-state index in [1.54, 1.807) is 0 Å². The molecule has 0 aromatic rings. The van der Waals surface area contributed by atoms with Gasteiger partial charge >= 0.3 is 0 Å². The van der Waals surface area contributed by atoms with Gasteiger partial charge in [-0.2, -0.15) is 0 Å². The van der Waals surface area contributed by atoms with Gasteiger partial charge in [0.15, 0.2) is 0 Å². The van der Waals surface area contributed by atoms with E-state index in [9.17, 15) is 4.79 Å². The minimum atomic E-state index is 0.317. The molecule has 4 atom stereocenters. The summed E-state index contributed by atoms with van der Waals surface area (Å²) in [6, 6.07) is 2.58. The van der Waals surface area contributed by atoms with Gasteiger partial charge in [0.2, 0.25) is 5.91 Å². The van der Waals surface area contributed by atoms with Gasteiger partial charge in [-0.15, -0.1) is 0 Å². The molecule has 4 aliphatic heterocycles. The van der Waals surface area contributed by atoms with Gasteiger partial charge in [-0.3, -0.25) is 4.79 Å². The van der Waals surface area contributed by atoms with Gasteiger partial charge in [-0.05, 0) is 63.8 Å². The van der Waals surface area contributed by atoms with E-state index in [0.717, 1.165) is 18.9 Å². The van der Waals surface area contributed by atoms with Crippen molar-refractivity contribution in [2.45, 2.75) is 82.0 Å². The molecule has 4 heterocycles. The number of nitrogens with one attached hydrogen (secondary N) is 2. The summed E-state index contributed by atoms with van der Waals surface area (Å²) in [5.41, 5.74) is 0. The van der Waals surface area contributed by atoms with Gasteiger partial charge < -0.3 is 15.5 Å². The summed E-state index contributed by atoms with van der Waals surface area (Å²) in [5, 5.41) is 7.01. The molecule has 4 rings (SSSR count). The third-order valence-electron chi connectivity index (χ3n) is 6.23. The number of hydrogen-bond acceptors (Lipinski definition) is 3. The smallest absolute Gasteiger partial charge is 0.220 e. The average molecular weight is 291 g/mol. The van der Waals surface area contributed by atoms with E-state index in [2.05, 4.69) is 15.5 Å². The standard InChI is InChI=1S/C17H29N3O/c21-17(10-12-8-13-3-4-14(9-12)18-13)19-15-5-7-20-6-1-2-16(20)11-15/h12-16,18H,1-11H2,(H,19,21). The Bertz CT molecular complexity index is 387. The number of carbonyl (C=O) groups excluding carboxylic acids is 1. The van der Waals surface area contributed by atoms with Crippen molar-refractivity contribution in [1.29, 1.82) is 0 Å². The van der Waals surface area contributed by atoms with Crippen LogP contribution in [0.5, 0.6) is 0 Å². The molecule has 0 radical (unpaired) electrons. The number of hydrogen-bond donors (Lipinski definition) is 2. The zero-order valence-corrected chi connectivity index (χ0v) is 13.0. The summed E-state index contributed by atoms with van der Waals surface area (Å²) < 4.78 is 0. The molecule has 0 aromatic carbocycles. The Hall–Kier alpha value is -0.610. The molecule has 4 fully saturated rings. The van der Waals surface area contributed by atoms with Crippen LogP contribution in [0, 0.1) is 5.92 Å². The number of amides is 1. The molecular weight excluding hydrogens is 262 g/mol. The van der Waals surface area contributed by atoms with Gasteiger partial charge in [0.1, 0.15) is 0 Å². The largest absolute Gasteiger partial charge is 0.353 e. The van der Waals surface area contributed by atoms with E-state index >= 15 is 0 Å². The van der Waals surface area contributed by atoms with Gasteiger partial charge in [-0.25, -0.2) is 0 Å². The minimum Gasteiger partial charge on any atom is -0.353 e. The molecule has 2 N–H and O–H groups in total. The molecule has 0 spiro atoms. The van der Waals surface area contributed by atoms with E-state index in [0.29, 0.717) is 30.0 Å². The van der Waals surface area contributed by atoms with Crippen LogP contribution in [-0.4, -0.2) is 48.1 Å². The Morgan fingerprint density at radius 2 is 1.86 bits per heavy atom. The highest BCUT2D eigenvalue weighted by Gasteiger charge is 2.35. The lowest BCUT2D eigenvalue weighted by atomic mass is 9.89. The molecule has 0 aliphatic carbocycles. The van der Waals surface area contributed by atoms with Gasteiger partial charge in [0.05, 0.1) is 0 Å². The van der Waals surface area contributed by atoms with Crippen LogP contribution in [0.25, 0.3) is 0 Å². The molecule has 0 saturated carbocycles. The Labute approximate surface area is 128 Å². The first-order valence-electron chi connectivity index (χ1n) is 9.06.